The van der Waals surface area contributed by atoms with Gasteiger partial charge in [-0.1, -0.05) is 53.9 Å². The Balaban J connectivity index is 2.49. The van der Waals surface area contributed by atoms with E-state index in [-0.39, 0.29) is 33.2 Å². The highest BCUT2D eigenvalue weighted by atomic mass is 35.5. The molecule has 2 rings (SSSR count). The number of methoxy groups -OCH3 is 1. The highest BCUT2D eigenvalue weighted by Crippen LogP contribution is 2.35. The van der Waals surface area contributed by atoms with Crippen LogP contribution < -0.4 is 14.4 Å². The van der Waals surface area contributed by atoms with E-state index in [2.05, 4.69) is 5.32 Å². The van der Waals surface area contributed by atoms with E-state index in [4.69, 9.17) is 39.5 Å². The quantitative estimate of drug-likeness (QED) is 0.409. The number of likely N-dealkylation sites (N-methyl/N-ethyl adjacent to an activating group) is 1. The first-order valence-corrected chi connectivity index (χ1v) is 13.7. The molecule has 0 saturated carbocycles. The van der Waals surface area contributed by atoms with Crippen LogP contribution in [0.25, 0.3) is 0 Å². The molecule has 0 unspecified atom stereocenters. The Morgan fingerprint density at radius 2 is 1.63 bits per heavy atom. The third-order valence-corrected chi connectivity index (χ3v) is 7.34. The zero-order valence-corrected chi connectivity index (χ0v) is 22.9. The Kier molecular flexibility index (Phi) is 10.5. The molecule has 1 N–H and O–H groups in total. The molecule has 0 saturated heterocycles. The second kappa shape index (κ2) is 12.7. The number of sulfonamides is 1. The average Bonchev–Trinajstić information content (AvgIpc) is 2.79. The van der Waals surface area contributed by atoms with Crippen LogP contribution in [0.1, 0.15) is 25.8 Å². The molecule has 12 heteroatoms. The van der Waals surface area contributed by atoms with Crippen molar-refractivity contribution in [3.8, 4) is 5.75 Å². The highest BCUT2D eigenvalue weighted by molar-refractivity contribution is 7.92. The molecule has 35 heavy (non-hydrogen) atoms. The molecule has 0 aliphatic heterocycles. The number of carbonyl (C=O) groups is 2. The van der Waals surface area contributed by atoms with Gasteiger partial charge in [0.2, 0.25) is 21.8 Å². The number of anilines is 1. The SMILES string of the molecule is CCNC(=O)[C@H](CC)N(Cc1ccc(OC)cc1)C(=O)CN(c1cc(Cl)c(Cl)cc1Cl)S(C)(=O)=O. The standard InChI is InChI=1S/C23H28Cl3N3O5S/c1-5-20(23(31)27-6-2)28(13-15-7-9-16(34-3)10-8-15)22(30)14-29(35(4,32)33)21-12-18(25)17(24)11-19(21)26/h7-12,20H,5-6,13-14H2,1-4H3,(H,27,31)/t20-/m0/s1. The smallest absolute Gasteiger partial charge is 0.244 e. The lowest BCUT2D eigenvalue weighted by Crippen LogP contribution is -2.52. The van der Waals surface area contributed by atoms with Crippen LogP contribution in [-0.2, 0) is 26.2 Å². The Labute approximate surface area is 221 Å². The summed E-state index contributed by atoms with van der Waals surface area (Å²) in [4.78, 5) is 27.7. The minimum absolute atomic E-state index is 0.00683. The number of halogens is 3. The summed E-state index contributed by atoms with van der Waals surface area (Å²) in [5.41, 5.74) is 0.743. The zero-order valence-electron chi connectivity index (χ0n) is 19.8. The molecule has 192 valence electrons. The third kappa shape index (κ3) is 7.64. The lowest BCUT2D eigenvalue weighted by Gasteiger charge is -2.33. The fourth-order valence-corrected chi connectivity index (χ4v) is 4.98. The van der Waals surface area contributed by atoms with E-state index in [0.29, 0.717) is 18.7 Å². The van der Waals surface area contributed by atoms with Gasteiger partial charge >= 0.3 is 0 Å². The number of hydrogen-bond acceptors (Lipinski definition) is 5. The molecule has 2 aromatic carbocycles. The Morgan fingerprint density at radius 1 is 1.03 bits per heavy atom. The lowest BCUT2D eigenvalue weighted by atomic mass is 10.1. The van der Waals surface area contributed by atoms with Crippen LogP contribution >= 0.6 is 34.8 Å². The number of nitrogens with zero attached hydrogens (tertiary/aromatic N) is 2. The molecule has 0 aliphatic carbocycles. The Bertz CT molecular complexity index is 1160. The van der Waals surface area contributed by atoms with Crippen molar-refractivity contribution in [2.45, 2.75) is 32.9 Å². The maximum absolute atomic E-state index is 13.6. The Hall–Kier alpha value is -2.20. The first-order valence-electron chi connectivity index (χ1n) is 10.7. The molecule has 0 heterocycles. The molecule has 8 nitrogen and oxygen atoms in total. The molecule has 2 aromatic rings. The van der Waals surface area contributed by atoms with Gasteiger partial charge in [-0.05, 0) is 43.2 Å². The van der Waals surface area contributed by atoms with Crippen LogP contribution in [0.4, 0.5) is 5.69 Å². The van der Waals surface area contributed by atoms with Crippen molar-refractivity contribution in [3.05, 3.63) is 57.0 Å². The van der Waals surface area contributed by atoms with E-state index in [1.807, 2.05) is 0 Å². The highest BCUT2D eigenvalue weighted by Gasteiger charge is 2.32. The molecular weight excluding hydrogens is 537 g/mol. The molecule has 1 atom stereocenters. The zero-order chi connectivity index (χ0) is 26.3. The summed E-state index contributed by atoms with van der Waals surface area (Å²) < 4.78 is 31.4. The summed E-state index contributed by atoms with van der Waals surface area (Å²) in [7, 11) is -2.42. The van der Waals surface area contributed by atoms with Crippen molar-refractivity contribution in [2.24, 2.45) is 0 Å². The molecule has 0 bridgehead atoms. The van der Waals surface area contributed by atoms with E-state index >= 15 is 0 Å². The summed E-state index contributed by atoms with van der Waals surface area (Å²) in [6, 6.07) is 8.79. The predicted molar refractivity (Wildman–Crippen MR) is 140 cm³/mol. The Morgan fingerprint density at radius 3 is 2.14 bits per heavy atom. The second-order valence-electron chi connectivity index (χ2n) is 7.68. The van der Waals surface area contributed by atoms with E-state index in [0.717, 1.165) is 16.1 Å². The van der Waals surface area contributed by atoms with Crippen LogP contribution in [0.15, 0.2) is 36.4 Å². The molecule has 0 fully saturated rings. The number of ether oxygens (including phenoxy) is 1. The van der Waals surface area contributed by atoms with Gasteiger partial charge in [0.1, 0.15) is 18.3 Å². The normalized spacial score (nSPS) is 12.1. The topological polar surface area (TPSA) is 96.0 Å². The van der Waals surface area contributed by atoms with Gasteiger partial charge in [0.15, 0.2) is 0 Å². The van der Waals surface area contributed by atoms with E-state index in [1.165, 1.54) is 17.0 Å². The molecule has 0 aliphatic rings. The maximum atomic E-state index is 13.6. The van der Waals surface area contributed by atoms with E-state index in [9.17, 15) is 18.0 Å². The summed E-state index contributed by atoms with van der Waals surface area (Å²) in [6.45, 7) is 3.41. The van der Waals surface area contributed by atoms with Crippen molar-refractivity contribution in [3.63, 3.8) is 0 Å². The fraction of sp³-hybridized carbons (Fsp3) is 0.391. The molecular formula is C23H28Cl3N3O5S. The van der Waals surface area contributed by atoms with Crippen molar-refractivity contribution < 1.29 is 22.7 Å². The number of rotatable bonds is 11. The number of nitrogens with one attached hydrogen (secondary N) is 1. The number of amides is 2. The number of carbonyl (C=O) groups excluding carboxylic acids is 2. The van der Waals surface area contributed by atoms with Crippen LogP contribution in [-0.4, -0.2) is 57.6 Å². The lowest BCUT2D eigenvalue weighted by molar-refractivity contribution is -0.140. The largest absolute Gasteiger partial charge is 0.497 e. The van der Waals surface area contributed by atoms with Gasteiger partial charge in [-0.2, -0.15) is 0 Å². The van der Waals surface area contributed by atoms with Gasteiger partial charge < -0.3 is 15.0 Å². The number of hydrogen-bond donors (Lipinski definition) is 1. The van der Waals surface area contributed by atoms with Gasteiger partial charge in [-0.25, -0.2) is 8.42 Å². The van der Waals surface area contributed by atoms with Crippen molar-refractivity contribution >= 4 is 62.3 Å². The van der Waals surface area contributed by atoms with Gasteiger partial charge in [0.05, 0.1) is 34.1 Å². The minimum Gasteiger partial charge on any atom is -0.497 e. The average molecular weight is 565 g/mol. The van der Waals surface area contributed by atoms with Crippen LogP contribution in [0, 0.1) is 0 Å². The van der Waals surface area contributed by atoms with Crippen LogP contribution in [0.2, 0.25) is 15.1 Å². The second-order valence-corrected chi connectivity index (χ2v) is 10.8. The van der Waals surface area contributed by atoms with E-state index in [1.54, 1.807) is 45.2 Å². The first kappa shape index (κ1) is 29.0. The van der Waals surface area contributed by atoms with Gasteiger partial charge in [-0.15, -0.1) is 0 Å². The predicted octanol–water partition coefficient (Wildman–Crippen LogP) is 4.36. The first-order chi connectivity index (χ1) is 16.4. The molecule has 0 aromatic heterocycles. The van der Waals surface area contributed by atoms with Gasteiger partial charge in [-0.3, -0.25) is 13.9 Å². The molecule has 0 spiro atoms. The monoisotopic (exact) mass is 563 g/mol. The summed E-state index contributed by atoms with van der Waals surface area (Å²) in [5, 5.41) is 2.97. The number of benzene rings is 2. The molecule has 2 amide bonds. The summed E-state index contributed by atoms with van der Waals surface area (Å²) in [6.07, 6.45) is 1.27. The van der Waals surface area contributed by atoms with E-state index < -0.39 is 28.5 Å². The van der Waals surface area contributed by atoms with Crippen LogP contribution in [0.5, 0.6) is 5.75 Å². The molecule has 0 radical (unpaired) electrons. The van der Waals surface area contributed by atoms with Crippen LogP contribution in [0.3, 0.4) is 0 Å². The van der Waals surface area contributed by atoms with Crippen molar-refractivity contribution in [2.75, 3.05) is 30.8 Å². The fourth-order valence-electron chi connectivity index (χ4n) is 3.44. The minimum atomic E-state index is -3.96. The maximum Gasteiger partial charge on any atom is 0.244 e. The summed E-state index contributed by atoms with van der Waals surface area (Å²) >= 11 is 18.3. The summed E-state index contributed by atoms with van der Waals surface area (Å²) in [5.74, 6) is -0.290. The van der Waals surface area contributed by atoms with Gasteiger partial charge in [0.25, 0.3) is 0 Å². The van der Waals surface area contributed by atoms with Gasteiger partial charge in [0, 0.05) is 13.1 Å². The third-order valence-electron chi connectivity index (χ3n) is 5.19. The van der Waals surface area contributed by atoms with Crippen molar-refractivity contribution in [1.82, 2.24) is 10.2 Å². The van der Waals surface area contributed by atoms with Crippen molar-refractivity contribution in [1.29, 1.82) is 0 Å².